The maximum Gasteiger partial charge on any atom is 2.00 e. The Morgan fingerprint density at radius 3 is 0.333 bits per heavy atom. The Bertz CT molecular complexity index is 5.51. The second kappa shape index (κ2) is 226. The van der Waals surface area contributed by atoms with Crippen LogP contribution in [0.4, 0.5) is 0 Å². The zero-order valence-corrected chi connectivity index (χ0v) is 4.63. The quantitative estimate of drug-likeness (QED) is 0.260. The first kappa shape index (κ1) is 389. The van der Waals surface area contributed by atoms with Crippen molar-refractivity contribution in [1.82, 2.24) is 0 Å². The van der Waals surface area contributed by atoms with Crippen LogP contribution in [0.2, 0.25) is 0 Å². The zero-order chi connectivity index (χ0) is 0. The summed E-state index contributed by atoms with van der Waals surface area (Å²) in [5.41, 5.74) is 0. The van der Waals surface area contributed by atoms with Gasteiger partial charge in [-0.15, -0.1) is 0 Å². The maximum absolute atomic E-state index is 0. The van der Waals surface area contributed by atoms with E-state index >= 15 is 0 Å². The van der Waals surface area contributed by atoms with Crippen LogP contribution in [0.5, 0.6) is 0 Å². The molecule has 0 nitrogen and oxygen atoms in total. The van der Waals surface area contributed by atoms with Gasteiger partial charge in [0.25, 0.3) is 0 Å². The van der Waals surface area contributed by atoms with Gasteiger partial charge in [-0.1, -0.05) is 0 Å². The van der Waals surface area contributed by atoms with E-state index in [9.17, 15) is 0 Å². The molecule has 0 atom stereocenters. The minimum atomic E-state index is 0. The molecule has 0 aromatic heterocycles. The van der Waals surface area contributed by atoms with E-state index in [1.165, 1.54) is 0 Å². The Hall–Kier alpha value is 0.759. The van der Waals surface area contributed by atoms with Crippen molar-refractivity contribution in [3.63, 3.8) is 0 Å². The van der Waals surface area contributed by atoms with Crippen molar-refractivity contribution in [3.05, 3.63) is 0 Å². The monoisotopic (exact) mass is 186 g/mol. The van der Waals surface area contributed by atoms with Gasteiger partial charge in [0, 0.05) is 0 Å². The molecule has 0 aliphatic carbocycles. The Morgan fingerprint density at radius 1 is 0.333 bits per heavy atom. The SMILES string of the molecule is [F-].[F-].[F-].[F-].[Mn+2].[Mn+2]. The molecule has 0 spiro atoms. The summed E-state index contributed by atoms with van der Waals surface area (Å²) in [6.45, 7) is 0. The molecule has 6 heavy (non-hydrogen) atoms. The average Bonchev–Trinajstić information content (AvgIpc) is 0. The van der Waals surface area contributed by atoms with Crippen LogP contribution >= 0.6 is 0 Å². The molecule has 42 valence electrons. The molecular formula is F4Mn2. The molecule has 0 amide bonds. The summed E-state index contributed by atoms with van der Waals surface area (Å²) in [6, 6.07) is 0. The molecule has 0 saturated heterocycles. The third-order valence-electron chi connectivity index (χ3n) is 0. The van der Waals surface area contributed by atoms with Crippen molar-refractivity contribution >= 4 is 0 Å². The fourth-order valence-electron chi connectivity index (χ4n) is 0. The number of halogens is 4. The summed E-state index contributed by atoms with van der Waals surface area (Å²) in [6.07, 6.45) is 0. The van der Waals surface area contributed by atoms with E-state index in [0.717, 1.165) is 0 Å². The second-order valence-electron chi connectivity index (χ2n) is 0. The van der Waals surface area contributed by atoms with Gasteiger partial charge in [-0.05, 0) is 0 Å². The zero-order valence-electron chi connectivity index (χ0n) is 2.27. The largest absolute Gasteiger partial charge is 2.00 e. The van der Waals surface area contributed by atoms with Crippen molar-refractivity contribution in [2.45, 2.75) is 0 Å². The molecular weight excluding hydrogens is 186 g/mol. The van der Waals surface area contributed by atoms with E-state index in [0.29, 0.717) is 0 Å². The summed E-state index contributed by atoms with van der Waals surface area (Å²) in [5.74, 6) is 0. The van der Waals surface area contributed by atoms with Crippen LogP contribution in [-0.2, 0) is 34.1 Å². The molecule has 2 radical (unpaired) electrons. The van der Waals surface area contributed by atoms with Gasteiger partial charge < -0.3 is 18.8 Å². The van der Waals surface area contributed by atoms with Gasteiger partial charge in [0.15, 0.2) is 0 Å². The van der Waals surface area contributed by atoms with Gasteiger partial charge in [-0.25, -0.2) is 0 Å². The molecule has 0 heterocycles. The van der Waals surface area contributed by atoms with Gasteiger partial charge in [-0.3, -0.25) is 0 Å². The molecule has 0 fully saturated rings. The van der Waals surface area contributed by atoms with E-state index in [2.05, 4.69) is 0 Å². The van der Waals surface area contributed by atoms with Crippen molar-refractivity contribution in [2.75, 3.05) is 0 Å². The van der Waals surface area contributed by atoms with Gasteiger partial charge in [0.2, 0.25) is 0 Å². The molecule has 0 aromatic rings. The average molecular weight is 186 g/mol. The van der Waals surface area contributed by atoms with E-state index in [1.54, 1.807) is 0 Å². The first-order chi connectivity index (χ1) is 0. The van der Waals surface area contributed by atoms with Crippen LogP contribution in [0.15, 0.2) is 0 Å². The fraction of sp³-hybridized carbons (Fsp3) is 0. The summed E-state index contributed by atoms with van der Waals surface area (Å²) in [4.78, 5) is 0. The smallest absolute Gasteiger partial charge is 1.00 e. The Balaban J connectivity index is 0. The molecule has 0 aliphatic heterocycles. The van der Waals surface area contributed by atoms with Crippen molar-refractivity contribution in [1.29, 1.82) is 0 Å². The summed E-state index contributed by atoms with van der Waals surface area (Å²) < 4.78 is 0. The van der Waals surface area contributed by atoms with Crippen LogP contribution in [0.1, 0.15) is 0 Å². The Labute approximate surface area is 53.5 Å². The van der Waals surface area contributed by atoms with E-state index in [1.807, 2.05) is 0 Å². The van der Waals surface area contributed by atoms with Crippen LogP contribution in [0.3, 0.4) is 0 Å². The van der Waals surface area contributed by atoms with Crippen molar-refractivity contribution in [2.24, 2.45) is 0 Å². The molecule has 0 N–H and O–H groups in total. The van der Waals surface area contributed by atoms with E-state index in [-0.39, 0.29) is 53.0 Å². The van der Waals surface area contributed by atoms with Crippen molar-refractivity contribution in [3.8, 4) is 0 Å². The van der Waals surface area contributed by atoms with E-state index in [4.69, 9.17) is 0 Å². The van der Waals surface area contributed by atoms with Crippen LogP contribution in [-0.4, -0.2) is 0 Å². The first-order valence-electron chi connectivity index (χ1n) is 0. The van der Waals surface area contributed by atoms with Crippen molar-refractivity contribution < 1.29 is 53.0 Å². The predicted octanol–water partition coefficient (Wildman–Crippen LogP) is -12.0. The summed E-state index contributed by atoms with van der Waals surface area (Å²) in [7, 11) is 0. The van der Waals surface area contributed by atoms with Crippen LogP contribution in [0.25, 0.3) is 0 Å². The Morgan fingerprint density at radius 2 is 0.333 bits per heavy atom. The molecule has 0 rings (SSSR count). The molecule has 6 heteroatoms. The second-order valence-corrected chi connectivity index (χ2v) is 0. The van der Waals surface area contributed by atoms with E-state index < -0.39 is 0 Å². The molecule has 0 unspecified atom stereocenters. The van der Waals surface area contributed by atoms with Crippen LogP contribution in [0, 0.1) is 0 Å². The number of hydrogen-bond donors (Lipinski definition) is 0. The molecule has 0 aromatic carbocycles. The van der Waals surface area contributed by atoms with Gasteiger partial charge in [0.05, 0.1) is 0 Å². The number of hydrogen-bond acceptors (Lipinski definition) is 0. The maximum atomic E-state index is 0. The Kier molecular flexibility index (Phi) is 14700. The third kappa shape index (κ3) is 117. The van der Waals surface area contributed by atoms with Crippen LogP contribution < -0.4 is 18.8 Å². The molecule has 0 bridgehead atoms. The normalized spacial score (nSPS) is 0. The van der Waals surface area contributed by atoms with Gasteiger partial charge in [-0.2, -0.15) is 0 Å². The topological polar surface area (TPSA) is 0 Å². The summed E-state index contributed by atoms with van der Waals surface area (Å²) in [5, 5.41) is 0. The van der Waals surface area contributed by atoms with Gasteiger partial charge in [0.1, 0.15) is 0 Å². The third-order valence-corrected chi connectivity index (χ3v) is 0. The molecule has 0 aliphatic rings. The van der Waals surface area contributed by atoms with Gasteiger partial charge >= 0.3 is 34.1 Å². The minimum Gasteiger partial charge on any atom is -1.00 e. The fourth-order valence-corrected chi connectivity index (χ4v) is 0. The standard InChI is InChI=1S/4FH.2Mn/h4*1H;;/q;;;;2*+2/p-4. The predicted molar refractivity (Wildman–Crippen MR) is 0 cm³/mol. The number of rotatable bonds is 0. The molecule has 0 saturated carbocycles. The first-order valence-corrected chi connectivity index (χ1v) is 0. The summed E-state index contributed by atoms with van der Waals surface area (Å²) >= 11 is 0. The minimum absolute atomic E-state index is 0.